The summed E-state index contributed by atoms with van der Waals surface area (Å²) in [5, 5.41) is 2.15. The predicted molar refractivity (Wildman–Crippen MR) is 123 cm³/mol. The van der Waals surface area contributed by atoms with Crippen LogP contribution in [0.15, 0.2) is 65.1 Å². The van der Waals surface area contributed by atoms with Crippen molar-refractivity contribution in [2.24, 2.45) is 0 Å². The molecule has 0 aliphatic carbocycles. The standard InChI is InChI=1S/C24H25BrN2O3/c1-4-27(15-17-9-11-19(12-10-17)24(29)26(2)3)22(28)16-30-21-14-13-18-7-5-6-8-20(18)23(21)25/h5-14H,4,15-16H2,1-3H3. The van der Waals surface area contributed by atoms with Crippen LogP contribution in [0.1, 0.15) is 22.8 Å². The molecule has 0 aliphatic heterocycles. The van der Waals surface area contributed by atoms with Gasteiger partial charge in [0.15, 0.2) is 6.61 Å². The first-order chi connectivity index (χ1) is 14.4. The third kappa shape index (κ3) is 5.00. The largest absolute Gasteiger partial charge is 0.483 e. The average Bonchev–Trinajstić information content (AvgIpc) is 2.76. The average molecular weight is 469 g/mol. The molecule has 3 rings (SSSR count). The zero-order valence-corrected chi connectivity index (χ0v) is 19.0. The Kier molecular flexibility index (Phi) is 7.11. The molecule has 0 atom stereocenters. The summed E-state index contributed by atoms with van der Waals surface area (Å²) >= 11 is 3.59. The van der Waals surface area contributed by atoms with E-state index in [2.05, 4.69) is 15.9 Å². The number of nitrogens with zero attached hydrogens (tertiary/aromatic N) is 2. The van der Waals surface area contributed by atoms with Crippen LogP contribution in [0.5, 0.6) is 5.75 Å². The summed E-state index contributed by atoms with van der Waals surface area (Å²) in [6.07, 6.45) is 0. The molecule has 0 aromatic heterocycles. The zero-order chi connectivity index (χ0) is 21.7. The number of halogens is 1. The van der Waals surface area contributed by atoms with E-state index in [0.29, 0.717) is 24.4 Å². The fourth-order valence-corrected chi connectivity index (χ4v) is 3.77. The molecule has 0 bridgehead atoms. The lowest BCUT2D eigenvalue weighted by Gasteiger charge is -2.21. The van der Waals surface area contributed by atoms with E-state index in [-0.39, 0.29) is 18.4 Å². The number of carbonyl (C=O) groups is 2. The molecule has 156 valence electrons. The molecule has 0 fully saturated rings. The second-order valence-electron chi connectivity index (χ2n) is 7.19. The number of ether oxygens (including phenoxy) is 1. The number of rotatable bonds is 7. The summed E-state index contributed by atoms with van der Waals surface area (Å²) in [6.45, 7) is 2.93. The molecule has 0 saturated heterocycles. The molecule has 6 heteroatoms. The molecule has 0 radical (unpaired) electrons. The molecule has 30 heavy (non-hydrogen) atoms. The summed E-state index contributed by atoms with van der Waals surface area (Å²) in [5.41, 5.74) is 1.59. The normalized spacial score (nSPS) is 10.7. The van der Waals surface area contributed by atoms with Crippen molar-refractivity contribution in [2.45, 2.75) is 13.5 Å². The van der Waals surface area contributed by atoms with E-state index in [1.807, 2.05) is 55.5 Å². The second-order valence-corrected chi connectivity index (χ2v) is 7.98. The van der Waals surface area contributed by atoms with Crippen molar-refractivity contribution in [2.75, 3.05) is 27.2 Å². The fourth-order valence-electron chi connectivity index (χ4n) is 3.16. The summed E-state index contributed by atoms with van der Waals surface area (Å²) in [7, 11) is 3.45. The van der Waals surface area contributed by atoms with Gasteiger partial charge in [0.1, 0.15) is 5.75 Å². The van der Waals surface area contributed by atoms with Gasteiger partial charge in [-0.25, -0.2) is 0 Å². The van der Waals surface area contributed by atoms with Crippen molar-refractivity contribution in [3.8, 4) is 5.75 Å². The van der Waals surface area contributed by atoms with Crippen LogP contribution < -0.4 is 4.74 Å². The van der Waals surface area contributed by atoms with E-state index in [0.717, 1.165) is 20.8 Å². The van der Waals surface area contributed by atoms with Crippen molar-refractivity contribution in [3.05, 3.63) is 76.3 Å². The maximum Gasteiger partial charge on any atom is 0.260 e. The summed E-state index contributed by atoms with van der Waals surface area (Å²) in [5.74, 6) is 0.509. The Labute approximate surface area is 185 Å². The van der Waals surface area contributed by atoms with Gasteiger partial charge in [-0.15, -0.1) is 0 Å². The lowest BCUT2D eigenvalue weighted by molar-refractivity contribution is -0.133. The second kappa shape index (κ2) is 9.76. The van der Waals surface area contributed by atoms with Crippen LogP contribution >= 0.6 is 15.9 Å². The highest BCUT2D eigenvalue weighted by Gasteiger charge is 2.15. The summed E-state index contributed by atoms with van der Waals surface area (Å²) in [6, 6.07) is 19.2. The fraction of sp³-hybridized carbons (Fsp3) is 0.250. The van der Waals surface area contributed by atoms with Gasteiger partial charge in [0.25, 0.3) is 11.8 Å². The molecule has 0 unspecified atom stereocenters. The van der Waals surface area contributed by atoms with E-state index >= 15 is 0 Å². The van der Waals surface area contributed by atoms with Crippen LogP contribution in [0.4, 0.5) is 0 Å². The van der Waals surface area contributed by atoms with Gasteiger partial charge in [-0.3, -0.25) is 9.59 Å². The first-order valence-electron chi connectivity index (χ1n) is 9.79. The first-order valence-corrected chi connectivity index (χ1v) is 10.6. The first kappa shape index (κ1) is 21.8. The third-order valence-corrected chi connectivity index (χ3v) is 5.71. The highest BCUT2D eigenvalue weighted by atomic mass is 79.9. The van der Waals surface area contributed by atoms with Gasteiger partial charge in [0.2, 0.25) is 0 Å². The minimum absolute atomic E-state index is 0.0397. The van der Waals surface area contributed by atoms with Crippen molar-refractivity contribution in [1.29, 1.82) is 0 Å². The number of likely N-dealkylation sites (N-methyl/N-ethyl adjacent to an activating group) is 1. The van der Waals surface area contributed by atoms with Crippen molar-refractivity contribution in [1.82, 2.24) is 9.80 Å². The molecule has 2 amide bonds. The van der Waals surface area contributed by atoms with Gasteiger partial charge < -0.3 is 14.5 Å². The van der Waals surface area contributed by atoms with E-state index in [9.17, 15) is 9.59 Å². The van der Waals surface area contributed by atoms with E-state index in [4.69, 9.17) is 4.74 Å². The molecule has 0 heterocycles. The van der Waals surface area contributed by atoms with Crippen molar-refractivity contribution >= 4 is 38.5 Å². The Morgan fingerprint density at radius 1 is 0.967 bits per heavy atom. The number of benzene rings is 3. The maximum absolute atomic E-state index is 12.7. The minimum Gasteiger partial charge on any atom is -0.483 e. The number of hydrogen-bond acceptors (Lipinski definition) is 3. The molecular weight excluding hydrogens is 444 g/mol. The minimum atomic E-state index is -0.0917. The van der Waals surface area contributed by atoms with Gasteiger partial charge in [-0.1, -0.05) is 42.5 Å². The molecule has 0 saturated carbocycles. The number of carbonyl (C=O) groups excluding carboxylic acids is 2. The van der Waals surface area contributed by atoms with Gasteiger partial charge in [-0.2, -0.15) is 0 Å². The lowest BCUT2D eigenvalue weighted by atomic mass is 10.1. The van der Waals surface area contributed by atoms with Crippen molar-refractivity contribution < 1.29 is 14.3 Å². The highest BCUT2D eigenvalue weighted by molar-refractivity contribution is 9.10. The van der Waals surface area contributed by atoms with Crippen LogP contribution in [0.25, 0.3) is 10.8 Å². The van der Waals surface area contributed by atoms with Crippen LogP contribution in [0, 0.1) is 0 Å². The van der Waals surface area contributed by atoms with Crippen LogP contribution in [0.2, 0.25) is 0 Å². The highest BCUT2D eigenvalue weighted by Crippen LogP contribution is 2.33. The van der Waals surface area contributed by atoms with Gasteiger partial charge in [0.05, 0.1) is 4.47 Å². The van der Waals surface area contributed by atoms with Gasteiger partial charge in [-0.05, 0) is 57.4 Å². The van der Waals surface area contributed by atoms with Crippen LogP contribution in [-0.2, 0) is 11.3 Å². The molecule has 0 spiro atoms. The molecule has 3 aromatic carbocycles. The SMILES string of the molecule is CCN(Cc1ccc(C(=O)N(C)C)cc1)C(=O)COc1ccc2ccccc2c1Br. The quantitative estimate of drug-likeness (QED) is 0.503. The molecule has 3 aromatic rings. The van der Waals surface area contributed by atoms with Gasteiger partial charge >= 0.3 is 0 Å². The summed E-state index contributed by atoms with van der Waals surface area (Å²) < 4.78 is 6.66. The van der Waals surface area contributed by atoms with E-state index in [1.54, 1.807) is 36.0 Å². The molecular formula is C24H25BrN2O3. The number of fused-ring (bicyclic) bond motifs is 1. The Morgan fingerprint density at radius 3 is 2.33 bits per heavy atom. The molecule has 0 aliphatic rings. The predicted octanol–water partition coefficient (Wildman–Crippen LogP) is 4.73. The smallest absolute Gasteiger partial charge is 0.260 e. The summed E-state index contributed by atoms with van der Waals surface area (Å²) in [4.78, 5) is 28.0. The van der Waals surface area contributed by atoms with E-state index in [1.165, 1.54) is 0 Å². The third-order valence-electron chi connectivity index (χ3n) is 4.89. The number of amides is 2. The van der Waals surface area contributed by atoms with Crippen molar-refractivity contribution in [3.63, 3.8) is 0 Å². The Balaban J connectivity index is 1.64. The Morgan fingerprint density at radius 2 is 1.67 bits per heavy atom. The molecule has 0 N–H and O–H groups in total. The van der Waals surface area contributed by atoms with Crippen LogP contribution in [-0.4, -0.2) is 48.9 Å². The van der Waals surface area contributed by atoms with E-state index < -0.39 is 0 Å². The maximum atomic E-state index is 12.7. The lowest BCUT2D eigenvalue weighted by Crippen LogP contribution is -2.34. The van der Waals surface area contributed by atoms with Gasteiger partial charge in [0, 0.05) is 32.7 Å². The zero-order valence-electron chi connectivity index (χ0n) is 17.4. The molecule has 5 nitrogen and oxygen atoms in total. The monoisotopic (exact) mass is 468 g/mol. The topological polar surface area (TPSA) is 49.9 Å². The Hall–Kier alpha value is -2.86. The van der Waals surface area contributed by atoms with Crippen LogP contribution in [0.3, 0.4) is 0 Å². The Bertz CT molecular complexity index is 1050. The number of hydrogen-bond donors (Lipinski definition) is 0.